The van der Waals surface area contributed by atoms with Gasteiger partial charge >= 0.3 is 0 Å². The van der Waals surface area contributed by atoms with Gasteiger partial charge in [0.2, 0.25) is 5.95 Å². The van der Waals surface area contributed by atoms with Gasteiger partial charge in [-0.2, -0.15) is 9.97 Å². The highest BCUT2D eigenvalue weighted by Gasteiger charge is 2.10. The largest absolute Gasteiger partial charge is 0.367 e. The number of rotatable bonds is 4. The summed E-state index contributed by atoms with van der Waals surface area (Å²) in [6.07, 6.45) is 1.87. The number of nitrogens with one attached hydrogen (secondary N) is 3. The number of aromatic nitrogens is 4. The van der Waals surface area contributed by atoms with E-state index in [-0.39, 0.29) is 0 Å². The summed E-state index contributed by atoms with van der Waals surface area (Å²) in [5.74, 6) is 1.39. The molecule has 1 aromatic carbocycles. The molecule has 4 aromatic rings. The van der Waals surface area contributed by atoms with Gasteiger partial charge in [-0.05, 0) is 38.1 Å². The highest BCUT2D eigenvalue weighted by atomic mass is 32.1. The van der Waals surface area contributed by atoms with Crippen LogP contribution in [0.3, 0.4) is 0 Å². The van der Waals surface area contributed by atoms with Crippen LogP contribution in [0.5, 0.6) is 0 Å². The summed E-state index contributed by atoms with van der Waals surface area (Å²) < 4.78 is 1.14. The molecule has 0 amide bonds. The van der Waals surface area contributed by atoms with Crippen LogP contribution in [0, 0.1) is 0 Å². The number of H-pyrrole nitrogens is 1. The van der Waals surface area contributed by atoms with Crippen molar-refractivity contribution in [3.8, 4) is 0 Å². The number of benzene rings is 1. The van der Waals surface area contributed by atoms with Crippen molar-refractivity contribution in [2.24, 2.45) is 0 Å². The zero-order valence-corrected chi connectivity index (χ0v) is 13.6. The van der Waals surface area contributed by atoms with E-state index < -0.39 is 0 Å². The fourth-order valence-electron chi connectivity index (χ4n) is 2.44. The molecular formula is C16H16N6S. The molecule has 0 bridgehead atoms. The van der Waals surface area contributed by atoms with Gasteiger partial charge in [0.15, 0.2) is 0 Å². The van der Waals surface area contributed by atoms with Crippen LogP contribution in [0.2, 0.25) is 0 Å². The smallest absolute Gasteiger partial charge is 0.231 e. The van der Waals surface area contributed by atoms with Gasteiger partial charge in [0, 0.05) is 17.9 Å². The van der Waals surface area contributed by atoms with Crippen LogP contribution in [-0.4, -0.2) is 26.0 Å². The first-order valence-corrected chi connectivity index (χ1v) is 8.29. The predicted octanol–water partition coefficient (Wildman–Crippen LogP) is 4.13. The number of nitrogens with zero attached hydrogens (tertiary/aromatic N) is 3. The fourth-order valence-corrected chi connectivity index (χ4v) is 3.16. The van der Waals surface area contributed by atoms with E-state index in [1.807, 2.05) is 29.9 Å². The van der Waals surface area contributed by atoms with Crippen molar-refractivity contribution < 1.29 is 0 Å². The van der Waals surface area contributed by atoms with Crippen molar-refractivity contribution >= 4 is 50.0 Å². The lowest BCUT2D eigenvalue weighted by Gasteiger charge is -2.12. The van der Waals surface area contributed by atoms with Crippen LogP contribution in [-0.2, 0) is 0 Å². The molecule has 0 saturated carbocycles. The molecule has 0 atom stereocenters. The third-order valence-electron chi connectivity index (χ3n) is 3.43. The second-order valence-electron chi connectivity index (χ2n) is 5.59. The maximum atomic E-state index is 4.61. The minimum absolute atomic E-state index is 0.296. The van der Waals surface area contributed by atoms with Gasteiger partial charge in [0.1, 0.15) is 11.5 Å². The minimum atomic E-state index is 0.296. The maximum Gasteiger partial charge on any atom is 0.231 e. The second kappa shape index (κ2) is 5.51. The summed E-state index contributed by atoms with van der Waals surface area (Å²) >= 11 is 1.62. The number of hydrogen-bond acceptors (Lipinski definition) is 6. The third kappa shape index (κ3) is 2.70. The van der Waals surface area contributed by atoms with Crippen LogP contribution >= 0.6 is 11.3 Å². The normalized spacial score (nSPS) is 11.4. The Morgan fingerprint density at radius 1 is 1.17 bits per heavy atom. The molecule has 0 aliphatic heterocycles. The first-order chi connectivity index (χ1) is 11.2. The van der Waals surface area contributed by atoms with Gasteiger partial charge in [-0.25, -0.2) is 4.98 Å². The number of aromatic amines is 1. The van der Waals surface area contributed by atoms with Gasteiger partial charge in [-0.15, -0.1) is 11.3 Å². The molecule has 3 heterocycles. The number of thiazole rings is 1. The van der Waals surface area contributed by atoms with E-state index in [0.717, 1.165) is 32.8 Å². The number of anilines is 3. The third-order valence-corrected chi connectivity index (χ3v) is 4.22. The van der Waals surface area contributed by atoms with Gasteiger partial charge < -0.3 is 15.6 Å². The first-order valence-electron chi connectivity index (χ1n) is 7.41. The van der Waals surface area contributed by atoms with Crippen LogP contribution < -0.4 is 10.6 Å². The fraction of sp³-hybridized carbons (Fsp3) is 0.188. The Morgan fingerprint density at radius 3 is 2.96 bits per heavy atom. The number of fused-ring (bicyclic) bond motifs is 2. The molecule has 0 unspecified atom stereocenters. The van der Waals surface area contributed by atoms with Crippen molar-refractivity contribution in [3.05, 3.63) is 36.0 Å². The Morgan fingerprint density at radius 2 is 2.09 bits per heavy atom. The average Bonchev–Trinajstić information content (AvgIpc) is 3.14. The molecule has 0 saturated heterocycles. The Labute approximate surface area is 137 Å². The summed E-state index contributed by atoms with van der Waals surface area (Å²) in [7, 11) is 0. The summed E-state index contributed by atoms with van der Waals surface area (Å²) in [5.41, 5.74) is 4.61. The molecule has 6 nitrogen and oxygen atoms in total. The molecule has 3 aromatic heterocycles. The number of hydrogen-bond donors (Lipinski definition) is 3. The van der Waals surface area contributed by atoms with E-state index in [0.29, 0.717) is 12.0 Å². The van der Waals surface area contributed by atoms with Crippen LogP contribution in [0.1, 0.15) is 13.8 Å². The Balaban J connectivity index is 1.72. The highest BCUT2D eigenvalue weighted by Crippen LogP contribution is 2.26. The van der Waals surface area contributed by atoms with E-state index in [1.165, 1.54) is 0 Å². The molecule has 0 spiro atoms. The molecule has 7 heteroatoms. The van der Waals surface area contributed by atoms with Crippen molar-refractivity contribution in [1.82, 2.24) is 19.9 Å². The van der Waals surface area contributed by atoms with Gasteiger partial charge in [0.25, 0.3) is 0 Å². The summed E-state index contributed by atoms with van der Waals surface area (Å²) in [4.78, 5) is 16.6. The summed E-state index contributed by atoms with van der Waals surface area (Å²) in [6, 6.07) is 8.32. The molecule has 23 heavy (non-hydrogen) atoms. The lowest BCUT2D eigenvalue weighted by molar-refractivity contribution is 0.891. The lowest BCUT2D eigenvalue weighted by atomic mass is 10.3. The molecule has 0 fully saturated rings. The molecule has 3 N–H and O–H groups in total. The molecular weight excluding hydrogens is 308 g/mol. The van der Waals surface area contributed by atoms with Crippen LogP contribution in [0.15, 0.2) is 36.0 Å². The van der Waals surface area contributed by atoms with E-state index in [4.69, 9.17) is 0 Å². The standard InChI is InChI=1S/C16H16N6S/c1-9(2)19-15-11-5-6-17-14(11)21-16(22-15)20-10-3-4-12-13(7-10)23-8-18-12/h3-9H,1-2H3,(H3,17,19,20,21,22). The molecule has 0 radical (unpaired) electrons. The summed E-state index contributed by atoms with van der Waals surface area (Å²) in [5, 5.41) is 7.63. The topological polar surface area (TPSA) is 78.5 Å². The molecule has 0 aliphatic rings. The monoisotopic (exact) mass is 324 g/mol. The van der Waals surface area contributed by atoms with Crippen molar-refractivity contribution in [2.75, 3.05) is 10.6 Å². The Hall–Kier alpha value is -2.67. The van der Waals surface area contributed by atoms with Crippen molar-refractivity contribution in [2.45, 2.75) is 19.9 Å². The Kier molecular flexibility index (Phi) is 3.34. The van der Waals surface area contributed by atoms with E-state index >= 15 is 0 Å². The van der Waals surface area contributed by atoms with Crippen LogP contribution in [0.25, 0.3) is 21.3 Å². The van der Waals surface area contributed by atoms with Crippen molar-refractivity contribution in [1.29, 1.82) is 0 Å². The lowest BCUT2D eigenvalue weighted by Crippen LogP contribution is -2.12. The van der Waals surface area contributed by atoms with Gasteiger partial charge in [-0.1, -0.05) is 0 Å². The van der Waals surface area contributed by atoms with Crippen molar-refractivity contribution in [3.63, 3.8) is 0 Å². The second-order valence-corrected chi connectivity index (χ2v) is 6.48. The maximum absolute atomic E-state index is 4.61. The zero-order chi connectivity index (χ0) is 15.8. The minimum Gasteiger partial charge on any atom is -0.367 e. The molecule has 116 valence electrons. The van der Waals surface area contributed by atoms with E-state index in [1.54, 1.807) is 11.3 Å². The highest BCUT2D eigenvalue weighted by molar-refractivity contribution is 7.16. The van der Waals surface area contributed by atoms with E-state index in [9.17, 15) is 0 Å². The first kappa shape index (κ1) is 14.0. The molecule has 0 aliphatic carbocycles. The van der Waals surface area contributed by atoms with E-state index in [2.05, 4.69) is 50.5 Å². The van der Waals surface area contributed by atoms with Gasteiger partial charge in [-0.3, -0.25) is 0 Å². The van der Waals surface area contributed by atoms with Gasteiger partial charge in [0.05, 0.1) is 21.1 Å². The van der Waals surface area contributed by atoms with Crippen LogP contribution in [0.4, 0.5) is 17.5 Å². The predicted molar refractivity (Wildman–Crippen MR) is 95.6 cm³/mol. The zero-order valence-electron chi connectivity index (χ0n) is 12.8. The average molecular weight is 324 g/mol. The SMILES string of the molecule is CC(C)Nc1nc(Nc2ccc3ncsc3c2)nc2[nH]ccc12. The quantitative estimate of drug-likeness (QED) is 0.526. The molecule has 4 rings (SSSR count). The Bertz CT molecular complexity index is 971. The summed E-state index contributed by atoms with van der Waals surface area (Å²) in [6.45, 7) is 4.18.